The lowest BCUT2D eigenvalue weighted by atomic mass is 9.39. The van der Waals surface area contributed by atoms with Gasteiger partial charge in [0.2, 0.25) is 0 Å². The van der Waals surface area contributed by atoms with E-state index in [1.54, 1.807) is 5.57 Å². The molecule has 3 saturated carbocycles. The lowest BCUT2D eigenvalue weighted by Crippen LogP contribution is -2.58. The van der Waals surface area contributed by atoms with Crippen LogP contribution in [-0.2, 0) is 0 Å². The number of hydrogen-bond donors (Lipinski definition) is 0. The topological polar surface area (TPSA) is 0 Å². The molecule has 3 aliphatic rings. The highest BCUT2D eigenvalue weighted by Gasteiger charge is 2.60. The van der Waals surface area contributed by atoms with Crippen molar-refractivity contribution in [1.82, 2.24) is 0 Å². The second-order valence-electron chi connectivity index (χ2n) is 10.8. The minimum Gasteiger partial charge on any atom is -0.0995 e. The summed E-state index contributed by atoms with van der Waals surface area (Å²) < 4.78 is 0. The van der Waals surface area contributed by atoms with E-state index in [-0.39, 0.29) is 0 Å². The van der Waals surface area contributed by atoms with Crippen LogP contribution in [0.5, 0.6) is 0 Å². The summed E-state index contributed by atoms with van der Waals surface area (Å²) in [6.07, 6.45) is 13.5. The van der Waals surface area contributed by atoms with Crippen LogP contribution in [-0.4, -0.2) is 0 Å². The predicted molar refractivity (Wildman–Crippen MR) is 106 cm³/mol. The zero-order valence-electron chi connectivity index (χ0n) is 17.2. The quantitative estimate of drug-likeness (QED) is 0.459. The van der Waals surface area contributed by atoms with Crippen molar-refractivity contribution in [3.63, 3.8) is 0 Å². The fraction of sp³-hybridized carbons (Fsp3) is 0.833. The van der Waals surface area contributed by atoms with Crippen LogP contribution in [0.2, 0.25) is 0 Å². The SMILES string of the molecule is C=C1CCC2C(C)(CCC3C(C)(C)CCCC32C)C1CC=C(C)C. The second-order valence-corrected chi connectivity index (χ2v) is 10.8. The van der Waals surface area contributed by atoms with E-state index in [9.17, 15) is 0 Å². The summed E-state index contributed by atoms with van der Waals surface area (Å²) in [6, 6.07) is 0. The van der Waals surface area contributed by atoms with Gasteiger partial charge in [0.15, 0.2) is 0 Å². The van der Waals surface area contributed by atoms with E-state index in [2.05, 4.69) is 54.2 Å². The lowest BCUT2D eigenvalue weighted by molar-refractivity contribution is -0.152. The zero-order chi connectivity index (χ0) is 17.8. The minimum absolute atomic E-state index is 0.472. The molecule has 3 fully saturated rings. The first-order valence-electron chi connectivity index (χ1n) is 10.4. The van der Waals surface area contributed by atoms with Gasteiger partial charge < -0.3 is 0 Å². The highest BCUT2D eigenvalue weighted by atomic mass is 14.6. The largest absolute Gasteiger partial charge is 0.0995 e. The van der Waals surface area contributed by atoms with Crippen molar-refractivity contribution >= 4 is 0 Å². The van der Waals surface area contributed by atoms with Crippen LogP contribution < -0.4 is 0 Å². The zero-order valence-corrected chi connectivity index (χ0v) is 17.2. The first-order valence-corrected chi connectivity index (χ1v) is 10.4. The molecule has 0 heteroatoms. The molecule has 0 aromatic rings. The van der Waals surface area contributed by atoms with Crippen molar-refractivity contribution in [3.8, 4) is 0 Å². The summed E-state index contributed by atoms with van der Waals surface area (Å²) >= 11 is 0. The summed E-state index contributed by atoms with van der Waals surface area (Å²) in [5, 5.41) is 0. The molecule has 0 radical (unpaired) electrons. The van der Waals surface area contributed by atoms with Gasteiger partial charge >= 0.3 is 0 Å². The maximum absolute atomic E-state index is 4.54. The fourth-order valence-electron chi connectivity index (χ4n) is 7.52. The summed E-state index contributed by atoms with van der Waals surface area (Å²) in [5.74, 6) is 2.52. The molecule has 0 nitrogen and oxygen atoms in total. The Balaban J connectivity index is 1.96. The predicted octanol–water partition coefficient (Wildman–Crippen LogP) is 7.56. The summed E-state index contributed by atoms with van der Waals surface area (Å²) in [5.41, 5.74) is 4.58. The van der Waals surface area contributed by atoms with Crippen LogP contribution in [0.15, 0.2) is 23.8 Å². The highest BCUT2D eigenvalue weighted by Crippen LogP contribution is 2.69. The van der Waals surface area contributed by atoms with Gasteiger partial charge in [-0.3, -0.25) is 0 Å². The molecular weight excluding hydrogens is 288 g/mol. The van der Waals surface area contributed by atoms with E-state index < -0.39 is 0 Å². The van der Waals surface area contributed by atoms with E-state index in [0.29, 0.717) is 22.2 Å². The molecule has 5 unspecified atom stereocenters. The number of rotatable bonds is 2. The summed E-state index contributed by atoms with van der Waals surface area (Å²) in [6.45, 7) is 19.4. The number of allylic oxidation sites excluding steroid dienone is 3. The molecular formula is C24H40. The Morgan fingerprint density at radius 1 is 1.00 bits per heavy atom. The maximum atomic E-state index is 4.54. The van der Waals surface area contributed by atoms with Gasteiger partial charge in [-0.1, -0.05) is 57.9 Å². The number of fused-ring (bicyclic) bond motifs is 3. The summed E-state index contributed by atoms with van der Waals surface area (Å²) in [4.78, 5) is 0. The fourth-order valence-corrected chi connectivity index (χ4v) is 7.52. The van der Waals surface area contributed by atoms with Gasteiger partial charge in [0.25, 0.3) is 0 Å². The molecule has 0 aliphatic heterocycles. The van der Waals surface area contributed by atoms with Gasteiger partial charge in [0, 0.05) is 0 Å². The van der Waals surface area contributed by atoms with Gasteiger partial charge in [-0.15, -0.1) is 0 Å². The van der Waals surface area contributed by atoms with Crippen molar-refractivity contribution in [2.45, 2.75) is 92.9 Å². The Morgan fingerprint density at radius 3 is 2.38 bits per heavy atom. The Labute approximate surface area is 151 Å². The van der Waals surface area contributed by atoms with Crippen molar-refractivity contribution in [3.05, 3.63) is 23.8 Å². The molecule has 5 atom stereocenters. The third kappa shape index (κ3) is 2.73. The normalized spacial score (nSPS) is 44.4. The first kappa shape index (κ1) is 18.3. The molecule has 0 amide bonds. The smallest absolute Gasteiger partial charge is 0.0114 e. The molecule has 0 spiro atoms. The van der Waals surface area contributed by atoms with E-state index in [1.165, 1.54) is 56.9 Å². The van der Waals surface area contributed by atoms with Gasteiger partial charge in [-0.25, -0.2) is 0 Å². The molecule has 24 heavy (non-hydrogen) atoms. The molecule has 136 valence electrons. The molecule has 0 bridgehead atoms. The van der Waals surface area contributed by atoms with Crippen molar-refractivity contribution in [2.24, 2.45) is 34.0 Å². The average Bonchev–Trinajstić information content (AvgIpc) is 2.44. The Morgan fingerprint density at radius 2 is 1.71 bits per heavy atom. The molecule has 3 aliphatic carbocycles. The van der Waals surface area contributed by atoms with Gasteiger partial charge in [0.1, 0.15) is 0 Å². The molecule has 0 N–H and O–H groups in total. The monoisotopic (exact) mass is 328 g/mol. The van der Waals surface area contributed by atoms with Gasteiger partial charge in [0.05, 0.1) is 0 Å². The summed E-state index contributed by atoms with van der Waals surface area (Å²) in [7, 11) is 0. The third-order valence-corrected chi connectivity index (χ3v) is 8.64. The van der Waals surface area contributed by atoms with Gasteiger partial charge in [-0.2, -0.15) is 0 Å². The highest BCUT2D eigenvalue weighted by molar-refractivity contribution is 5.20. The molecule has 0 aromatic heterocycles. The third-order valence-electron chi connectivity index (χ3n) is 8.64. The van der Waals surface area contributed by atoms with Crippen molar-refractivity contribution < 1.29 is 0 Å². The standard InChI is InChI=1S/C24H40/c1-17(2)9-11-19-18(3)10-12-21-23(19,6)16-13-20-22(4,5)14-8-15-24(20,21)7/h9,19-21H,3,8,10-16H2,1-2,4-7H3. The lowest BCUT2D eigenvalue weighted by Gasteiger charge is -2.66. The molecule has 3 rings (SSSR count). The Bertz CT molecular complexity index is 532. The van der Waals surface area contributed by atoms with Crippen LogP contribution >= 0.6 is 0 Å². The molecule has 0 saturated heterocycles. The van der Waals surface area contributed by atoms with E-state index in [0.717, 1.165) is 11.8 Å². The Kier molecular flexibility index (Phi) is 4.59. The van der Waals surface area contributed by atoms with Crippen LogP contribution in [0.4, 0.5) is 0 Å². The van der Waals surface area contributed by atoms with Crippen LogP contribution in [0.3, 0.4) is 0 Å². The van der Waals surface area contributed by atoms with Crippen LogP contribution in [0, 0.1) is 34.0 Å². The van der Waals surface area contributed by atoms with E-state index in [1.807, 2.05) is 0 Å². The Hall–Kier alpha value is -0.520. The first-order chi connectivity index (χ1) is 11.1. The second kappa shape index (κ2) is 6.03. The minimum atomic E-state index is 0.472. The molecule has 0 aromatic carbocycles. The van der Waals surface area contributed by atoms with Gasteiger partial charge in [-0.05, 0) is 92.8 Å². The molecule has 0 heterocycles. The maximum Gasteiger partial charge on any atom is -0.0114 e. The van der Waals surface area contributed by atoms with Crippen molar-refractivity contribution in [2.75, 3.05) is 0 Å². The van der Waals surface area contributed by atoms with Crippen molar-refractivity contribution in [1.29, 1.82) is 0 Å². The van der Waals surface area contributed by atoms with E-state index in [4.69, 9.17) is 0 Å². The number of hydrogen-bond acceptors (Lipinski definition) is 0. The van der Waals surface area contributed by atoms with Crippen LogP contribution in [0.1, 0.15) is 92.9 Å². The van der Waals surface area contributed by atoms with E-state index >= 15 is 0 Å². The van der Waals surface area contributed by atoms with Crippen LogP contribution in [0.25, 0.3) is 0 Å². The average molecular weight is 329 g/mol.